The van der Waals surface area contributed by atoms with E-state index in [9.17, 15) is 13.2 Å². The molecule has 19 heavy (non-hydrogen) atoms. The minimum absolute atomic E-state index is 0.0141. The molecule has 1 aromatic carbocycles. The monoisotopic (exact) mass is 289 g/mol. The Balaban J connectivity index is 2.35. The summed E-state index contributed by atoms with van der Waals surface area (Å²) in [6.07, 6.45) is -4.40. The Morgan fingerprint density at radius 2 is 1.95 bits per heavy atom. The van der Waals surface area contributed by atoms with E-state index in [-0.39, 0.29) is 5.02 Å². The Morgan fingerprint density at radius 3 is 2.53 bits per heavy atom. The van der Waals surface area contributed by atoms with E-state index < -0.39 is 11.7 Å². The van der Waals surface area contributed by atoms with Gasteiger partial charge in [-0.1, -0.05) is 11.6 Å². The van der Waals surface area contributed by atoms with Crippen molar-refractivity contribution in [1.29, 1.82) is 0 Å². The number of furan rings is 1. The summed E-state index contributed by atoms with van der Waals surface area (Å²) >= 11 is 5.88. The van der Waals surface area contributed by atoms with Crippen molar-refractivity contribution >= 4 is 11.6 Å². The minimum atomic E-state index is -4.40. The molecule has 1 heterocycles. The Kier molecular flexibility index (Phi) is 3.87. The van der Waals surface area contributed by atoms with Crippen LogP contribution in [0.25, 0.3) is 11.3 Å². The maximum Gasteiger partial charge on any atom is 0.416 e. The van der Waals surface area contributed by atoms with Gasteiger partial charge >= 0.3 is 6.18 Å². The molecule has 0 saturated heterocycles. The summed E-state index contributed by atoms with van der Waals surface area (Å²) in [5, 5.41) is 2.93. The first-order valence-corrected chi connectivity index (χ1v) is 5.90. The van der Waals surface area contributed by atoms with Gasteiger partial charge in [-0.15, -0.1) is 0 Å². The van der Waals surface area contributed by atoms with E-state index in [1.165, 1.54) is 6.07 Å². The average molecular weight is 290 g/mol. The first-order chi connectivity index (χ1) is 8.91. The van der Waals surface area contributed by atoms with Crippen molar-refractivity contribution in [3.63, 3.8) is 0 Å². The molecule has 1 N–H and O–H groups in total. The van der Waals surface area contributed by atoms with Gasteiger partial charge in [-0.05, 0) is 37.4 Å². The SMILES string of the molecule is CNCc1ccc(-c2ccc(C(F)(F)F)cc2Cl)o1. The van der Waals surface area contributed by atoms with Crippen LogP contribution in [0.5, 0.6) is 0 Å². The smallest absolute Gasteiger partial charge is 0.416 e. The van der Waals surface area contributed by atoms with Crippen LogP contribution in [0.15, 0.2) is 34.7 Å². The summed E-state index contributed by atoms with van der Waals surface area (Å²) in [4.78, 5) is 0. The van der Waals surface area contributed by atoms with Gasteiger partial charge in [0.1, 0.15) is 11.5 Å². The van der Waals surface area contributed by atoms with Crippen molar-refractivity contribution in [3.05, 3.63) is 46.7 Å². The van der Waals surface area contributed by atoms with Crippen LogP contribution in [0.3, 0.4) is 0 Å². The lowest BCUT2D eigenvalue weighted by Crippen LogP contribution is -2.04. The first kappa shape index (κ1) is 14.0. The molecule has 6 heteroatoms. The molecular formula is C13H11ClF3NO. The molecule has 0 atom stereocenters. The zero-order valence-electron chi connectivity index (χ0n) is 10.0. The normalized spacial score (nSPS) is 11.8. The predicted molar refractivity (Wildman–Crippen MR) is 66.9 cm³/mol. The van der Waals surface area contributed by atoms with Gasteiger partial charge in [-0.25, -0.2) is 0 Å². The maximum atomic E-state index is 12.5. The topological polar surface area (TPSA) is 25.2 Å². The Bertz CT molecular complexity index is 578. The highest BCUT2D eigenvalue weighted by atomic mass is 35.5. The Morgan fingerprint density at radius 1 is 1.21 bits per heavy atom. The highest BCUT2D eigenvalue weighted by Gasteiger charge is 2.31. The quantitative estimate of drug-likeness (QED) is 0.909. The van der Waals surface area contributed by atoms with Gasteiger partial charge in [0.15, 0.2) is 0 Å². The van der Waals surface area contributed by atoms with E-state index in [0.717, 1.165) is 12.1 Å². The van der Waals surface area contributed by atoms with Crippen molar-refractivity contribution < 1.29 is 17.6 Å². The lowest BCUT2D eigenvalue weighted by molar-refractivity contribution is -0.137. The first-order valence-electron chi connectivity index (χ1n) is 5.52. The van der Waals surface area contributed by atoms with Crippen LogP contribution >= 0.6 is 11.6 Å². The van der Waals surface area contributed by atoms with Crippen LogP contribution in [0, 0.1) is 0 Å². The van der Waals surface area contributed by atoms with Crippen molar-refractivity contribution in [2.24, 2.45) is 0 Å². The van der Waals surface area contributed by atoms with Crippen LogP contribution in [0.2, 0.25) is 5.02 Å². The molecule has 0 aliphatic heterocycles. The van der Waals surface area contributed by atoms with E-state index >= 15 is 0 Å². The van der Waals surface area contributed by atoms with Crippen LogP contribution in [-0.2, 0) is 12.7 Å². The Hall–Kier alpha value is -1.46. The van der Waals surface area contributed by atoms with Crippen molar-refractivity contribution in [1.82, 2.24) is 5.32 Å². The van der Waals surface area contributed by atoms with Gasteiger partial charge in [0.05, 0.1) is 17.1 Å². The molecule has 0 amide bonds. The van der Waals surface area contributed by atoms with Crippen LogP contribution in [0.4, 0.5) is 13.2 Å². The van der Waals surface area contributed by atoms with Crippen LogP contribution in [0.1, 0.15) is 11.3 Å². The van der Waals surface area contributed by atoms with E-state index in [0.29, 0.717) is 23.6 Å². The molecule has 2 nitrogen and oxygen atoms in total. The molecule has 0 saturated carbocycles. The molecular weight excluding hydrogens is 279 g/mol. The van der Waals surface area contributed by atoms with Crippen molar-refractivity contribution in [2.45, 2.75) is 12.7 Å². The third kappa shape index (κ3) is 3.11. The third-order valence-electron chi connectivity index (χ3n) is 2.57. The van der Waals surface area contributed by atoms with Gasteiger partial charge in [0.2, 0.25) is 0 Å². The molecule has 0 spiro atoms. The van der Waals surface area contributed by atoms with Crippen LogP contribution < -0.4 is 5.32 Å². The number of alkyl halides is 3. The molecule has 0 aliphatic carbocycles. The molecule has 0 bridgehead atoms. The fourth-order valence-corrected chi connectivity index (χ4v) is 1.96. The van der Waals surface area contributed by atoms with E-state index in [2.05, 4.69) is 5.32 Å². The summed E-state index contributed by atoms with van der Waals surface area (Å²) in [6.45, 7) is 0.540. The standard InChI is InChI=1S/C13H11ClF3NO/c1-18-7-9-3-5-12(19-9)10-4-2-8(6-11(10)14)13(15,16)17/h2-6,18H,7H2,1H3. The van der Waals surface area contributed by atoms with Gasteiger partial charge in [0, 0.05) is 5.56 Å². The number of nitrogens with one attached hydrogen (secondary N) is 1. The van der Waals surface area contributed by atoms with Gasteiger partial charge in [-0.2, -0.15) is 13.2 Å². The van der Waals surface area contributed by atoms with Crippen molar-refractivity contribution in [2.75, 3.05) is 7.05 Å². The highest BCUT2D eigenvalue weighted by molar-refractivity contribution is 6.33. The summed E-state index contributed by atoms with van der Waals surface area (Å²) < 4.78 is 43.0. The lowest BCUT2D eigenvalue weighted by atomic mass is 10.1. The zero-order valence-corrected chi connectivity index (χ0v) is 10.8. The second-order valence-electron chi connectivity index (χ2n) is 3.99. The average Bonchev–Trinajstić information content (AvgIpc) is 2.76. The van der Waals surface area contributed by atoms with Gasteiger partial charge in [0.25, 0.3) is 0 Å². The molecule has 0 unspecified atom stereocenters. The molecule has 1 aromatic heterocycles. The molecule has 0 aliphatic rings. The van der Waals surface area contributed by atoms with Gasteiger partial charge < -0.3 is 9.73 Å². The van der Waals surface area contributed by atoms with E-state index in [1.54, 1.807) is 19.2 Å². The fraction of sp³-hybridized carbons (Fsp3) is 0.231. The fourth-order valence-electron chi connectivity index (χ4n) is 1.68. The number of hydrogen-bond donors (Lipinski definition) is 1. The predicted octanol–water partition coefficient (Wildman–Crippen LogP) is 4.34. The van der Waals surface area contributed by atoms with Crippen molar-refractivity contribution in [3.8, 4) is 11.3 Å². The Labute approximate surface area is 113 Å². The highest BCUT2D eigenvalue weighted by Crippen LogP contribution is 2.36. The number of hydrogen-bond acceptors (Lipinski definition) is 2. The zero-order chi connectivity index (χ0) is 14.0. The molecule has 0 radical (unpaired) electrons. The lowest BCUT2D eigenvalue weighted by Gasteiger charge is -2.08. The van der Waals surface area contributed by atoms with E-state index in [1.807, 2.05) is 0 Å². The summed E-state index contributed by atoms with van der Waals surface area (Å²) in [5.74, 6) is 1.14. The molecule has 102 valence electrons. The van der Waals surface area contributed by atoms with Crippen LogP contribution in [-0.4, -0.2) is 7.05 Å². The largest absolute Gasteiger partial charge is 0.460 e. The second kappa shape index (κ2) is 5.27. The number of rotatable bonds is 3. The number of benzene rings is 1. The molecule has 2 aromatic rings. The van der Waals surface area contributed by atoms with Gasteiger partial charge in [-0.3, -0.25) is 0 Å². The number of halogens is 4. The summed E-state index contributed by atoms with van der Waals surface area (Å²) in [6, 6.07) is 6.63. The molecule has 0 fully saturated rings. The third-order valence-corrected chi connectivity index (χ3v) is 2.89. The maximum absolute atomic E-state index is 12.5. The summed E-state index contributed by atoms with van der Waals surface area (Å²) in [7, 11) is 1.77. The summed E-state index contributed by atoms with van der Waals surface area (Å²) in [5.41, 5.74) is -0.333. The minimum Gasteiger partial charge on any atom is -0.460 e. The second-order valence-corrected chi connectivity index (χ2v) is 4.40. The van der Waals surface area contributed by atoms with E-state index in [4.69, 9.17) is 16.0 Å². The molecule has 2 rings (SSSR count).